The molecule has 5 heteroatoms. The Labute approximate surface area is 88.3 Å². The van der Waals surface area contributed by atoms with E-state index in [1.807, 2.05) is 6.92 Å². The second-order valence-corrected chi connectivity index (χ2v) is 3.55. The summed E-state index contributed by atoms with van der Waals surface area (Å²) in [6.45, 7) is 5.34. The highest BCUT2D eigenvalue weighted by molar-refractivity contribution is 5.81. The molecule has 0 saturated carbocycles. The molecule has 84 valence electrons. The first-order chi connectivity index (χ1) is 7.07. The van der Waals surface area contributed by atoms with Crippen LogP contribution in [0.25, 0.3) is 0 Å². The molecule has 1 aliphatic heterocycles. The summed E-state index contributed by atoms with van der Waals surface area (Å²) < 4.78 is 4.83. The molecular formula is C10H15NO4. The molecule has 0 aromatic rings. The van der Waals surface area contributed by atoms with Gasteiger partial charge in [0, 0.05) is 6.04 Å². The highest BCUT2D eigenvalue weighted by Gasteiger charge is 2.39. The lowest BCUT2D eigenvalue weighted by Gasteiger charge is -2.24. The summed E-state index contributed by atoms with van der Waals surface area (Å²) in [5.74, 6) is -0.977. The van der Waals surface area contributed by atoms with Crippen LogP contribution in [0.1, 0.15) is 19.8 Å². The highest BCUT2D eigenvalue weighted by Crippen LogP contribution is 2.24. The van der Waals surface area contributed by atoms with Crippen LogP contribution < -0.4 is 0 Å². The highest BCUT2D eigenvalue weighted by atomic mass is 16.6. The van der Waals surface area contributed by atoms with Crippen LogP contribution in [0, 0.1) is 0 Å². The van der Waals surface area contributed by atoms with Gasteiger partial charge in [0.15, 0.2) is 0 Å². The van der Waals surface area contributed by atoms with Gasteiger partial charge in [0.25, 0.3) is 0 Å². The van der Waals surface area contributed by atoms with Crippen molar-refractivity contribution in [2.75, 3.05) is 6.61 Å². The van der Waals surface area contributed by atoms with Gasteiger partial charge in [0.05, 0.1) is 0 Å². The molecule has 1 heterocycles. The number of carboxylic acid groups (broad SMARTS) is 1. The summed E-state index contributed by atoms with van der Waals surface area (Å²) in [6.07, 6.45) is 2.06. The summed E-state index contributed by atoms with van der Waals surface area (Å²) >= 11 is 0. The van der Waals surface area contributed by atoms with Gasteiger partial charge in [-0.2, -0.15) is 0 Å². The normalized spacial score (nSPS) is 25.0. The van der Waals surface area contributed by atoms with Crippen molar-refractivity contribution in [1.29, 1.82) is 0 Å². The summed E-state index contributed by atoms with van der Waals surface area (Å²) in [6, 6.07) is -0.833. The van der Waals surface area contributed by atoms with Gasteiger partial charge in [-0.15, -0.1) is 0 Å². The minimum absolute atomic E-state index is 0.0802. The first-order valence-electron chi connectivity index (χ1n) is 4.86. The fraction of sp³-hybridized carbons (Fsp3) is 0.600. The number of aliphatic carboxylic acids is 1. The van der Waals surface area contributed by atoms with Crippen LogP contribution in [0.3, 0.4) is 0 Å². The summed E-state index contributed by atoms with van der Waals surface area (Å²) in [4.78, 5) is 23.7. The first kappa shape index (κ1) is 11.6. The average Bonchev–Trinajstić information content (AvgIpc) is 2.56. The van der Waals surface area contributed by atoms with E-state index in [0.717, 1.165) is 0 Å². The van der Waals surface area contributed by atoms with Gasteiger partial charge in [0.2, 0.25) is 0 Å². The van der Waals surface area contributed by atoms with E-state index in [-0.39, 0.29) is 12.6 Å². The standard InChI is InChI=1S/C10H15NO4/c1-3-6-15-10(14)11-7(2)4-5-8(11)9(12)13/h3,7-8H,1,4-6H2,2H3,(H,12,13)/t7?,8-/m1/s1. The van der Waals surface area contributed by atoms with E-state index >= 15 is 0 Å². The number of hydrogen-bond acceptors (Lipinski definition) is 3. The molecule has 0 aliphatic carbocycles. The van der Waals surface area contributed by atoms with Crippen molar-refractivity contribution in [3.8, 4) is 0 Å². The average molecular weight is 213 g/mol. The Morgan fingerprint density at radius 3 is 2.80 bits per heavy atom. The molecule has 1 rings (SSSR count). The molecule has 1 amide bonds. The lowest BCUT2D eigenvalue weighted by Crippen LogP contribution is -2.44. The Kier molecular flexibility index (Phi) is 3.71. The van der Waals surface area contributed by atoms with E-state index in [9.17, 15) is 9.59 Å². The third kappa shape index (κ3) is 2.49. The Morgan fingerprint density at radius 2 is 2.27 bits per heavy atom. The zero-order valence-electron chi connectivity index (χ0n) is 8.68. The van der Waals surface area contributed by atoms with E-state index in [1.165, 1.54) is 11.0 Å². The monoisotopic (exact) mass is 213 g/mol. The van der Waals surface area contributed by atoms with Crippen molar-refractivity contribution in [2.45, 2.75) is 31.8 Å². The lowest BCUT2D eigenvalue weighted by atomic mass is 10.2. The van der Waals surface area contributed by atoms with Gasteiger partial charge in [-0.1, -0.05) is 12.7 Å². The SMILES string of the molecule is C=CCOC(=O)N1C(C)CC[C@@H]1C(=O)O. The first-order valence-corrected chi connectivity index (χ1v) is 4.86. The van der Waals surface area contributed by atoms with E-state index in [0.29, 0.717) is 12.8 Å². The van der Waals surface area contributed by atoms with Gasteiger partial charge in [-0.3, -0.25) is 4.90 Å². The molecule has 0 bridgehead atoms. The predicted molar refractivity (Wildman–Crippen MR) is 53.5 cm³/mol. The molecule has 1 unspecified atom stereocenters. The fourth-order valence-corrected chi connectivity index (χ4v) is 1.74. The zero-order chi connectivity index (χ0) is 11.4. The molecule has 0 aromatic carbocycles. The van der Waals surface area contributed by atoms with E-state index in [2.05, 4.69) is 6.58 Å². The molecule has 1 saturated heterocycles. The quantitative estimate of drug-likeness (QED) is 0.716. The van der Waals surface area contributed by atoms with Crippen molar-refractivity contribution in [3.63, 3.8) is 0 Å². The number of carbonyl (C=O) groups excluding carboxylic acids is 1. The molecule has 5 nitrogen and oxygen atoms in total. The Balaban J connectivity index is 2.66. The number of carboxylic acids is 1. The maximum Gasteiger partial charge on any atom is 0.411 e. The predicted octanol–water partition coefficient (Wildman–Crippen LogP) is 1.25. The molecule has 1 fully saturated rings. The third-order valence-electron chi connectivity index (χ3n) is 2.49. The summed E-state index contributed by atoms with van der Waals surface area (Å²) in [7, 11) is 0. The molecular weight excluding hydrogens is 198 g/mol. The van der Waals surface area contributed by atoms with Crippen LogP contribution in [-0.4, -0.2) is 40.8 Å². The van der Waals surface area contributed by atoms with E-state index < -0.39 is 18.1 Å². The molecule has 1 aliphatic rings. The Morgan fingerprint density at radius 1 is 1.60 bits per heavy atom. The number of likely N-dealkylation sites (tertiary alicyclic amines) is 1. The zero-order valence-corrected chi connectivity index (χ0v) is 8.68. The largest absolute Gasteiger partial charge is 0.480 e. The minimum atomic E-state index is -0.977. The fourth-order valence-electron chi connectivity index (χ4n) is 1.74. The molecule has 0 radical (unpaired) electrons. The summed E-state index contributed by atoms with van der Waals surface area (Å²) in [5.41, 5.74) is 0. The van der Waals surface area contributed by atoms with E-state index in [1.54, 1.807) is 0 Å². The molecule has 2 atom stereocenters. The lowest BCUT2D eigenvalue weighted by molar-refractivity contribution is -0.142. The van der Waals surface area contributed by atoms with Gasteiger partial charge in [0.1, 0.15) is 12.6 Å². The molecule has 0 spiro atoms. The van der Waals surface area contributed by atoms with Crippen LogP contribution in [0.4, 0.5) is 4.79 Å². The minimum Gasteiger partial charge on any atom is -0.480 e. The van der Waals surface area contributed by atoms with Crippen molar-refractivity contribution in [2.24, 2.45) is 0 Å². The Hall–Kier alpha value is -1.52. The van der Waals surface area contributed by atoms with Crippen LogP contribution in [0.5, 0.6) is 0 Å². The number of rotatable bonds is 3. The van der Waals surface area contributed by atoms with E-state index in [4.69, 9.17) is 9.84 Å². The number of ether oxygens (including phenoxy) is 1. The van der Waals surface area contributed by atoms with Crippen LogP contribution in [-0.2, 0) is 9.53 Å². The smallest absolute Gasteiger partial charge is 0.411 e. The number of nitrogens with zero attached hydrogens (tertiary/aromatic N) is 1. The van der Waals surface area contributed by atoms with Gasteiger partial charge in [-0.25, -0.2) is 9.59 Å². The van der Waals surface area contributed by atoms with Gasteiger partial charge in [-0.05, 0) is 19.8 Å². The van der Waals surface area contributed by atoms with Crippen molar-refractivity contribution in [1.82, 2.24) is 4.90 Å². The maximum absolute atomic E-state index is 11.5. The van der Waals surface area contributed by atoms with Gasteiger partial charge < -0.3 is 9.84 Å². The van der Waals surface area contributed by atoms with Crippen molar-refractivity contribution < 1.29 is 19.4 Å². The number of hydrogen-bond donors (Lipinski definition) is 1. The van der Waals surface area contributed by atoms with Crippen LogP contribution in [0.2, 0.25) is 0 Å². The third-order valence-corrected chi connectivity index (χ3v) is 2.49. The van der Waals surface area contributed by atoms with Gasteiger partial charge >= 0.3 is 12.1 Å². The van der Waals surface area contributed by atoms with Crippen LogP contribution >= 0.6 is 0 Å². The van der Waals surface area contributed by atoms with Crippen LogP contribution in [0.15, 0.2) is 12.7 Å². The second kappa shape index (κ2) is 4.82. The Bertz CT molecular complexity index is 277. The number of carbonyl (C=O) groups is 2. The maximum atomic E-state index is 11.5. The topological polar surface area (TPSA) is 66.8 Å². The molecule has 15 heavy (non-hydrogen) atoms. The number of amides is 1. The summed E-state index contributed by atoms with van der Waals surface area (Å²) in [5, 5.41) is 8.91. The molecule has 0 aromatic heterocycles. The van der Waals surface area contributed by atoms with Crippen molar-refractivity contribution in [3.05, 3.63) is 12.7 Å². The second-order valence-electron chi connectivity index (χ2n) is 3.55. The van der Waals surface area contributed by atoms with Crippen molar-refractivity contribution >= 4 is 12.1 Å². The molecule has 1 N–H and O–H groups in total.